The molecule has 1 aliphatic carbocycles. The highest BCUT2D eigenvalue weighted by Gasteiger charge is 2.29. The van der Waals surface area contributed by atoms with Crippen LogP contribution in [0.2, 0.25) is 0 Å². The minimum absolute atomic E-state index is 0.146. The first-order valence-electron chi connectivity index (χ1n) is 9.43. The standard InChI is InChI=1S/C19H24N4O3/c24-18(21-13-6-1-2-7-13)16-15-9-3-4-10-23(15)17(22-16)19(25)20-12-14-8-5-11-26-14/h5,8,11,13H,1-4,6-7,9-10,12H2,(H,20,25)(H,21,24). The van der Waals surface area contributed by atoms with Crippen LogP contribution < -0.4 is 10.6 Å². The molecule has 138 valence electrons. The Morgan fingerprint density at radius 1 is 1.19 bits per heavy atom. The first kappa shape index (κ1) is 16.9. The van der Waals surface area contributed by atoms with E-state index in [9.17, 15) is 9.59 Å². The second-order valence-electron chi connectivity index (χ2n) is 7.06. The molecule has 7 heteroatoms. The van der Waals surface area contributed by atoms with Gasteiger partial charge >= 0.3 is 0 Å². The number of amides is 2. The van der Waals surface area contributed by atoms with Crippen LogP contribution in [0.15, 0.2) is 22.8 Å². The molecule has 2 amide bonds. The molecule has 0 unspecified atom stereocenters. The van der Waals surface area contributed by atoms with Crippen molar-refractivity contribution in [2.75, 3.05) is 0 Å². The van der Waals surface area contributed by atoms with Crippen molar-refractivity contribution in [3.63, 3.8) is 0 Å². The van der Waals surface area contributed by atoms with Crippen molar-refractivity contribution in [1.82, 2.24) is 20.2 Å². The van der Waals surface area contributed by atoms with Crippen molar-refractivity contribution in [1.29, 1.82) is 0 Å². The largest absolute Gasteiger partial charge is 0.467 e. The predicted octanol–water partition coefficient (Wildman–Crippen LogP) is 2.41. The summed E-state index contributed by atoms with van der Waals surface area (Å²) < 4.78 is 7.15. The summed E-state index contributed by atoms with van der Waals surface area (Å²) in [6.45, 7) is 1.03. The second kappa shape index (κ2) is 7.35. The van der Waals surface area contributed by atoms with Crippen LogP contribution in [0.1, 0.15) is 71.1 Å². The van der Waals surface area contributed by atoms with Crippen molar-refractivity contribution in [3.05, 3.63) is 41.4 Å². The van der Waals surface area contributed by atoms with Gasteiger partial charge in [0.25, 0.3) is 11.8 Å². The number of hydrogen-bond donors (Lipinski definition) is 2. The molecule has 1 saturated carbocycles. The van der Waals surface area contributed by atoms with Crippen molar-refractivity contribution in [3.8, 4) is 0 Å². The number of carbonyl (C=O) groups is 2. The lowest BCUT2D eigenvalue weighted by Gasteiger charge is -2.17. The zero-order valence-corrected chi connectivity index (χ0v) is 14.8. The molecule has 2 aliphatic rings. The number of rotatable bonds is 5. The highest BCUT2D eigenvalue weighted by molar-refractivity contribution is 5.97. The van der Waals surface area contributed by atoms with Gasteiger partial charge in [-0.25, -0.2) is 4.98 Å². The molecule has 2 N–H and O–H groups in total. The molecule has 2 aromatic heterocycles. The van der Waals surface area contributed by atoms with Crippen molar-refractivity contribution < 1.29 is 14.0 Å². The van der Waals surface area contributed by atoms with Gasteiger partial charge in [-0.2, -0.15) is 0 Å². The van der Waals surface area contributed by atoms with Crippen LogP contribution in [0, 0.1) is 0 Å². The molecule has 26 heavy (non-hydrogen) atoms. The van der Waals surface area contributed by atoms with E-state index in [2.05, 4.69) is 15.6 Å². The first-order valence-corrected chi connectivity index (χ1v) is 9.43. The van der Waals surface area contributed by atoms with Crippen LogP contribution in [0.5, 0.6) is 0 Å². The Bertz CT molecular complexity index is 788. The fourth-order valence-corrected chi connectivity index (χ4v) is 3.88. The minimum Gasteiger partial charge on any atom is -0.467 e. The Labute approximate surface area is 152 Å². The summed E-state index contributed by atoms with van der Waals surface area (Å²) in [5, 5.41) is 5.92. The smallest absolute Gasteiger partial charge is 0.287 e. The Morgan fingerprint density at radius 2 is 2.04 bits per heavy atom. The zero-order chi connectivity index (χ0) is 17.9. The Hall–Kier alpha value is -2.57. The molecule has 0 bridgehead atoms. The highest BCUT2D eigenvalue weighted by Crippen LogP contribution is 2.23. The summed E-state index contributed by atoms with van der Waals surface area (Å²) in [6.07, 6.45) is 8.74. The zero-order valence-electron chi connectivity index (χ0n) is 14.8. The number of imidazole rings is 1. The third-order valence-electron chi connectivity index (χ3n) is 5.23. The average Bonchev–Trinajstić information content (AvgIpc) is 3.40. The molecule has 1 fully saturated rings. The summed E-state index contributed by atoms with van der Waals surface area (Å²) in [5.41, 5.74) is 1.30. The van der Waals surface area contributed by atoms with Crippen LogP contribution >= 0.6 is 0 Å². The lowest BCUT2D eigenvalue weighted by molar-refractivity contribution is 0.0931. The molecule has 2 aromatic rings. The molecular formula is C19H24N4O3. The second-order valence-corrected chi connectivity index (χ2v) is 7.06. The lowest BCUT2D eigenvalue weighted by atomic mass is 10.1. The van der Waals surface area contributed by atoms with Gasteiger partial charge in [0.05, 0.1) is 18.5 Å². The fourth-order valence-electron chi connectivity index (χ4n) is 3.88. The third-order valence-corrected chi connectivity index (χ3v) is 5.23. The van der Waals surface area contributed by atoms with Crippen LogP contribution in [-0.4, -0.2) is 27.4 Å². The topological polar surface area (TPSA) is 89.2 Å². The van der Waals surface area contributed by atoms with Gasteiger partial charge in [0.1, 0.15) is 11.5 Å². The van der Waals surface area contributed by atoms with Gasteiger partial charge in [0.2, 0.25) is 0 Å². The molecule has 0 radical (unpaired) electrons. The van der Waals surface area contributed by atoms with Gasteiger partial charge in [-0.1, -0.05) is 12.8 Å². The maximum absolute atomic E-state index is 12.7. The minimum atomic E-state index is -0.274. The molecule has 4 rings (SSSR count). The van der Waals surface area contributed by atoms with Gasteiger partial charge in [-0.3, -0.25) is 9.59 Å². The van der Waals surface area contributed by atoms with E-state index < -0.39 is 0 Å². The van der Waals surface area contributed by atoms with Crippen LogP contribution in [0.25, 0.3) is 0 Å². The Morgan fingerprint density at radius 3 is 2.81 bits per heavy atom. The molecular weight excluding hydrogens is 332 g/mol. The van der Waals surface area contributed by atoms with Gasteiger partial charge in [0, 0.05) is 12.6 Å². The number of hydrogen-bond acceptors (Lipinski definition) is 4. The quantitative estimate of drug-likeness (QED) is 0.861. The van der Waals surface area contributed by atoms with E-state index in [1.54, 1.807) is 12.3 Å². The number of nitrogens with zero attached hydrogens (tertiary/aromatic N) is 2. The average molecular weight is 356 g/mol. The molecule has 7 nitrogen and oxygen atoms in total. The van der Waals surface area contributed by atoms with Gasteiger partial charge in [-0.05, 0) is 44.2 Å². The van der Waals surface area contributed by atoms with E-state index in [0.717, 1.165) is 57.2 Å². The number of carbonyl (C=O) groups excluding carboxylic acids is 2. The number of nitrogens with one attached hydrogen (secondary N) is 2. The monoisotopic (exact) mass is 356 g/mol. The molecule has 1 aliphatic heterocycles. The molecule has 0 aromatic carbocycles. The molecule has 0 saturated heterocycles. The number of fused-ring (bicyclic) bond motifs is 1. The van der Waals surface area contributed by atoms with E-state index in [0.29, 0.717) is 23.8 Å². The van der Waals surface area contributed by atoms with E-state index >= 15 is 0 Å². The van der Waals surface area contributed by atoms with Gasteiger partial charge < -0.3 is 19.6 Å². The van der Waals surface area contributed by atoms with Crippen molar-refractivity contribution in [2.24, 2.45) is 0 Å². The first-order chi connectivity index (χ1) is 12.7. The summed E-state index contributed by atoms with van der Waals surface area (Å²) in [6, 6.07) is 3.83. The summed E-state index contributed by atoms with van der Waals surface area (Å²) >= 11 is 0. The molecule has 0 spiro atoms. The Balaban J connectivity index is 1.53. The lowest BCUT2D eigenvalue weighted by Crippen LogP contribution is -2.33. The molecule has 0 atom stereocenters. The van der Waals surface area contributed by atoms with E-state index in [1.807, 2.05) is 10.6 Å². The predicted molar refractivity (Wildman–Crippen MR) is 94.8 cm³/mol. The van der Waals surface area contributed by atoms with Crippen molar-refractivity contribution >= 4 is 11.8 Å². The third kappa shape index (κ3) is 3.38. The van der Waals surface area contributed by atoms with E-state index in [4.69, 9.17) is 4.42 Å². The van der Waals surface area contributed by atoms with Crippen LogP contribution in [-0.2, 0) is 19.5 Å². The number of aromatic nitrogens is 2. The van der Waals surface area contributed by atoms with Gasteiger partial charge in [0.15, 0.2) is 5.82 Å². The summed E-state index contributed by atoms with van der Waals surface area (Å²) in [4.78, 5) is 29.8. The normalized spacial score (nSPS) is 17.1. The van der Waals surface area contributed by atoms with Crippen molar-refractivity contribution in [2.45, 2.75) is 64.1 Å². The maximum atomic E-state index is 12.7. The van der Waals surface area contributed by atoms with Crippen LogP contribution in [0.3, 0.4) is 0 Å². The van der Waals surface area contributed by atoms with Gasteiger partial charge in [-0.15, -0.1) is 0 Å². The fraction of sp³-hybridized carbons (Fsp3) is 0.526. The summed E-state index contributed by atoms with van der Waals surface area (Å²) in [5.74, 6) is 0.586. The molecule has 3 heterocycles. The number of furan rings is 1. The highest BCUT2D eigenvalue weighted by atomic mass is 16.3. The van der Waals surface area contributed by atoms with E-state index in [-0.39, 0.29) is 17.9 Å². The maximum Gasteiger partial charge on any atom is 0.287 e. The summed E-state index contributed by atoms with van der Waals surface area (Å²) in [7, 11) is 0. The van der Waals surface area contributed by atoms with E-state index in [1.165, 1.54) is 0 Å². The van der Waals surface area contributed by atoms with Crippen LogP contribution in [0.4, 0.5) is 0 Å². The SMILES string of the molecule is O=C(NC1CCCC1)c1nc(C(=O)NCc2ccco2)n2c1CCCC2. The Kier molecular flexibility index (Phi) is 4.77.